The van der Waals surface area contributed by atoms with Gasteiger partial charge in [-0.3, -0.25) is 9.78 Å². The highest BCUT2D eigenvalue weighted by Crippen LogP contribution is 2.25. The molecule has 1 unspecified atom stereocenters. The lowest BCUT2D eigenvalue weighted by molar-refractivity contribution is 0.447. The van der Waals surface area contributed by atoms with Crippen LogP contribution < -0.4 is 15.8 Å². The van der Waals surface area contributed by atoms with E-state index >= 15 is 0 Å². The lowest BCUT2D eigenvalue weighted by Gasteiger charge is -2.32. The Morgan fingerprint density at radius 3 is 2.76 bits per heavy atom. The molecule has 1 atom stereocenters. The molecule has 4 rings (SSSR count). The van der Waals surface area contributed by atoms with E-state index in [4.69, 9.17) is 0 Å². The smallest absolute Gasteiger partial charge is 0.255 e. The van der Waals surface area contributed by atoms with Gasteiger partial charge in [-0.25, -0.2) is 4.98 Å². The topological polar surface area (TPSA) is 61.0 Å². The molecule has 5 nitrogen and oxygen atoms in total. The Bertz CT molecular complexity index is 796. The number of hydrogen-bond donors (Lipinski definition) is 2. The predicted molar refractivity (Wildman–Crippen MR) is 102 cm³/mol. The summed E-state index contributed by atoms with van der Waals surface area (Å²) >= 11 is 0. The summed E-state index contributed by atoms with van der Waals surface area (Å²) in [5.41, 5.74) is 4.05. The number of aryl methyl sites for hydroxylation is 1. The van der Waals surface area contributed by atoms with Crippen molar-refractivity contribution in [2.24, 2.45) is 5.92 Å². The minimum Gasteiger partial charge on any atom is -0.371 e. The third kappa shape index (κ3) is 3.55. The third-order valence-corrected chi connectivity index (χ3v) is 5.34. The van der Waals surface area contributed by atoms with Crippen LogP contribution in [0.5, 0.6) is 0 Å². The van der Waals surface area contributed by atoms with Crippen LogP contribution in [-0.4, -0.2) is 23.1 Å². The fraction of sp³-hybridized carbons (Fsp3) is 0.500. The third-order valence-electron chi connectivity index (χ3n) is 5.34. The molecular formula is C20H26N4O. The first-order valence-corrected chi connectivity index (χ1v) is 9.43. The van der Waals surface area contributed by atoms with Gasteiger partial charge in [0.25, 0.3) is 5.56 Å². The van der Waals surface area contributed by atoms with Gasteiger partial charge in [-0.1, -0.05) is 6.92 Å². The van der Waals surface area contributed by atoms with Gasteiger partial charge in [0.05, 0.1) is 5.69 Å². The molecule has 2 heterocycles. The van der Waals surface area contributed by atoms with Crippen molar-refractivity contribution in [3.05, 3.63) is 45.9 Å². The van der Waals surface area contributed by atoms with Crippen LogP contribution in [0.3, 0.4) is 0 Å². The average molecular weight is 338 g/mol. The van der Waals surface area contributed by atoms with Crippen molar-refractivity contribution >= 4 is 17.3 Å². The molecule has 1 aromatic carbocycles. The first kappa shape index (κ1) is 16.2. The van der Waals surface area contributed by atoms with Gasteiger partial charge in [-0.15, -0.1) is 0 Å². The van der Waals surface area contributed by atoms with Crippen LogP contribution in [0.1, 0.15) is 43.9 Å². The van der Waals surface area contributed by atoms with E-state index in [0.29, 0.717) is 5.95 Å². The molecule has 1 fully saturated rings. The van der Waals surface area contributed by atoms with Gasteiger partial charge in [0.15, 0.2) is 0 Å². The molecule has 2 N–H and O–H groups in total. The summed E-state index contributed by atoms with van der Waals surface area (Å²) in [5, 5.41) is 3.25. The molecule has 1 aliphatic carbocycles. The maximum Gasteiger partial charge on any atom is 0.255 e. The van der Waals surface area contributed by atoms with Gasteiger partial charge in [-0.2, -0.15) is 0 Å². The number of benzene rings is 1. The van der Waals surface area contributed by atoms with Crippen molar-refractivity contribution in [2.75, 3.05) is 23.3 Å². The second-order valence-corrected chi connectivity index (χ2v) is 7.41. The molecule has 2 aromatic rings. The summed E-state index contributed by atoms with van der Waals surface area (Å²) < 4.78 is 0. The summed E-state index contributed by atoms with van der Waals surface area (Å²) in [6.07, 6.45) is 6.54. The molecule has 0 radical (unpaired) electrons. The zero-order valence-electron chi connectivity index (χ0n) is 14.8. The van der Waals surface area contributed by atoms with Crippen LogP contribution in [-0.2, 0) is 12.8 Å². The number of fused-ring (bicyclic) bond motifs is 1. The number of nitrogens with one attached hydrogen (secondary N) is 2. The van der Waals surface area contributed by atoms with E-state index in [1.54, 1.807) is 0 Å². The van der Waals surface area contributed by atoms with Crippen molar-refractivity contribution in [2.45, 2.75) is 45.4 Å². The van der Waals surface area contributed by atoms with E-state index < -0.39 is 0 Å². The highest BCUT2D eigenvalue weighted by molar-refractivity contribution is 5.59. The Balaban J connectivity index is 1.50. The minimum atomic E-state index is 0.00567. The molecular weight excluding hydrogens is 312 g/mol. The molecule has 1 saturated heterocycles. The summed E-state index contributed by atoms with van der Waals surface area (Å²) in [6.45, 7) is 4.59. The number of piperidine rings is 1. The predicted octanol–water partition coefficient (Wildman–Crippen LogP) is 3.63. The van der Waals surface area contributed by atoms with E-state index in [-0.39, 0.29) is 5.56 Å². The Kier molecular flexibility index (Phi) is 4.47. The van der Waals surface area contributed by atoms with Crippen molar-refractivity contribution < 1.29 is 0 Å². The number of H-pyrrole nitrogens is 1. The van der Waals surface area contributed by atoms with Crippen molar-refractivity contribution in [3.8, 4) is 0 Å². The molecule has 5 heteroatoms. The first-order valence-electron chi connectivity index (χ1n) is 9.43. The molecule has 1 aliphatic heterocycles. The SMILES string of the molecule is CC1CCCN(c2ccc(Nc3nc4c(c(=O)[nH]3)CCCC4)cc2)C1. The second-order valence-electron chi connectivity index (χ2n) is 7.41. The van der Waals surface area contributed by atoms with E-state index in [0.717, 1.165) is 61.6 Å². The molecule has 0 amide bonds. The molecule has 132 valence electrons. The normalized spacial score (nSPS) is 20.2. The Morgan fingerprint density at radius 1 is 1.16 bits per heavy atom. The van der Waals surface area contributed by atoms with Crippen LogP contribution in [0, 0.1) is 5.92 Å². The standard InChI is InChI=1S/C20H26N4O/c1-14-5-4-12-24(13-14)16-10-8-15(9-11-16)21-20-22-18-7-3-2-6-17(18)19(25)23-20/h8-11,14H,2-7,12-13H2,1H3,(H2,21,22,23,25). The zero-order valence-corrected chi connectivity index (χ0v) is 14.8. The maximum absolute atomic E-state index is 12.2. The van der Waals surface area contributed by atoms with Gasteiger partial charge < -0.3 is 10.2 Å². The number of rotatable bonds is 3. The van der Waals surface area contributed by atoms with Crippen LogP contribution in [0.15, 0.2) is 29.1 Å². The fourth-order valence-corrected chi connectivity index (χ4v) is 3.98. The Hall–Kier alpha value is -2.30. The lowest BCUT2D eigenvalue weighted by Crippen LogP contribution is -2.34. The van der Waals surface area contributed by atoms with E-state index in [2.05, 4.69) is 51.4 Å². The summed E-state index contributed by atoms with van der Waals surface area (Å²) in [4.78, 5) is 22.2. The van der Waals surface area contributed by atoms with Crippen LogP contribution in [0.2, 0.25) is 0 Å². The molecule has 0 saturated carbocycles. The fourth-order valence-electron chi connectivity index (χ4n) is 3.98. The van der Waals surface area contributed by atoms with E-state index in [1.165, 1.54) is 18.5 Å². The average Bonchev–Trinajstić information content (AvgIpc) is 2.62. The zero-order chi connectivity index (χ0) is 17.2. The highest BCUT2D eigenvalue weighted by atomic mass is 16.1. The van der Waals surface area contributed by atoms with Crippen LogP contribution >= 0.6 is 0 Å². The first-order chi connectivity index (χ1) is 12.2. The highest BCUT2D eigenvalue weighted by Gasteiger charge is 2.17. The second kappa shape index (κ2) is 6.90. The molecule has 0 spiro atoms. The largest absolute Gasteiger partial charge is 0.371 e. The number of aromatic amines is 1. The van der Waals surface area contributed by atoms with Crippen LogP contribution in [0.25, 0.3) is 0 Å². The lowest BCUT2D eigenvalue weighted by atomic mass is 9.97. The molecule has 25 heavy (non-hydrogen) atoms. The van der Waals surface area contributed by atoms with Gasteiger partial charge in [0, 0.05) is 30.0 Å². The van der Waals surface area contributed by atoms with Crippen molar-refractivity contribution in [3.63, 3.8) is 0 Å². The molecule has 1 aromatic heterocycles. The minimum absolute atomic E-state index is 0.00567. The summed E-state index contributed by atoms with van der Waals surface area (Å²) in [7, 11) is 0. The number of nitrogens with zero attached hydrogens (tertiary/aromatic N) is 2. The number of anilines is 3. The van der Waals surface area contributed by atoms with Crippen molar-refractivity contribution in [1.29, 1.82) is 0 Å². The van der Waals surface area contributed by atoms with Crippen molar-refractivity contribution in [1.82, 2.24) is 9.97 Å². The maximum atomic E-state index is 12.2. The summed E-state index contributed by atoms with van der Waals surface area (Å²) in [6, 6.07) is 8.43. The van der Waals surface area contributed by atoms with Gasteiger partial charge in [0.1, 0.15) is 0 Å². The quantitative estimate of drug-likeness (QED) is 0.897. The monoisotopic (exact) mass is 338 g/mol. The van der Waals surface area contributed by atoms with Gasteiger partial charge in [-0.05, 0) is 68.7 Å². The molecule has 0 bridgehead atoms. The van der Waals surface area contributed by atoms with Crippen LogP contribution in [0.4, 0.5) is 17.3 Å². The van der Waals surface area contributed by atoms with E-state index in [9.17, 15) is 4.79 Å². The van der Waals surface area contributed by atoms with Gasteiger partial charge >= 0.3 is 0 Å². The molecule has 2 aliphatic rings. The van der Waals surface area contributed by atoms with Gasteiger partial charge in [0.2, 0.25) is 5.95 Å². The summed E-state index contributed by atoms with van der Waals surface area (Å²) in [5.74, 6) is 1.31. The Labute approximate surface area is 148 Å². The van der Waals surface area contributed by atoms with E-state index in [1.807, 2.05) is 0 Å². The number of aromatic nitrogens is 2. The number of hydrogen-bond acceptors (Lipinski definition) is 4. The Morgan fingerprint density at radius 2 is 1.96 bits per heavy atom.